The predicted molar refractivity (Wildman–Crippen MR) is 149 cm³/mol. The summed E-state index contributed by atoms with van der Waals surface area (Å²) >= 11 is 1.22. The first-order valence-electron chi connectivity index (χ1n) is 11.9. The van der Waals surface area contributed by atoms with Crippen molar-refractivity contribution in [3.05, 3.63) is 101 Å². The third-order valence-electron chi connectivity index (χ3n) is 6.04. The van der Waals surface area contributed by atoms with E-state index < -0.39 is 0 Å². The van der Waals surface area contributed by atoms with E-state index in [0.717, 1.165) is 28.8 Å². The van der Waals surface area contributed by atoms with Crippen LogP contribution in [0.2, 0.25) is 0 Å². The molecule has 0 aliphatic rings. The molecular weight excluding hydrogens is 484 g/mol. The number of anilines is 1. The first kappa shape index (κ1) is 24.4. The van der Waals surface area contributed by atoms with Gasteiger partial charge in [0, 0.05) is 17.4 Å². The molecule has 2 N–H and O–H groups in total. The van der Waals surface area contributed by atoms with Gasteiger partial charge in [0.05, 0.1) is 18.6 Å². The van der Waals surface area contributed by atoms with E-state index in [2.05, 4.69) is 17.2 Å². The fourth-order valence-corrected chi connectivity index (χ4v) is 4.93. The molecule has 0 unspecified atom stereocenters. The van der Waals surface area contributed by atoms with E-state index in [1.165, 1.54) is 16.3 Å². The van der Waals surface area contributed by atoms with Gasteiger partial charge >= 0.3 is 0 Å². The maximum atomic E-state index is 13.7. The van der Waals surface area contributed by atoms with Crippen molar-refractivity contribution in [3.8, 4) is 22.6 Å². The summed E-state index contributed by atoms with van der Waals surface area (Å²) in [6.07, 6.45) is 2.69. The molecule has 2 aromatic heterocycles. The number of amides is 1. The lowest BCUT2D eigenvalue weighted by molar-refractivity contribution is -0.113. The van der Waals surface area contributed by atoms with Gasteiger partial charge in [-0.25, -0.2) is 4.98 Å². The molecule has 0 aliphatic carbocycles. The number of fused-ring (bicyclic) bond motifs is 1. The molecule has 2 heterocycles. The highest BCUT2D eigenvalue weighted by molar-refractivity contribution is 7.99. The molecule has 5 aromatic rings. The number of H-pyrrole nitrogens is 1. The number of nitrogens with zero attached hydrogens (tertiary/aromatic N) is 2. The summed E-state index contributed by atoms with van der Waals surface area (Å²) in [6.45, 7) is 2.07. The summed E-state index contributed by atoms with van der Waals surface area (Å²) < 4.78 is 6.80. The molecule has 0 saturated heterocycles. The van der Waals surface area contributed by atoms with Gasteiger partial charge in [-0.1, -0.05) is 61.2 Å². The van der Waals surface area contributed by atoms with Crippen molar-refractivity contribution in [2.45, 2.75) is 18.5 Å². The number of aromatic amines is 1. The van der Waals surface area contributed by atoms with Gasteiger partial charge in [-0.2, -0.15) is 0 Å². The Hall–Kier alpha value is -4.30. The summed E-state index contributed by atoms with van der Waals surface area (Å²) in [6, 6.07) is 24.7. The monoisotopic (exact) mass is 510 g/mol. The van der Waals surface area contributed by atoms with Crippen LogP contribution in [0.1, 0.15) is 12.5 Å². The van der Waals surface area contributed by atoms with Crippen molar-refractivity contribution < 1.29 is 9.53 Å². The Balaban J connectivity index is 1.53. The molecule has 0 saturated carbocycles. The minimum absolute atomic E-state index is 0.0928. The van der Waals surface area contributed by atoms with Crippen LogP contribution in [0.3, 0.4) is 0 Å². The number of rotatable bonds is 8. The number of hydrogen-bond donors (Lipinski definition) is 2. The minimum atomic E-state index is -0.240. The van der Waals surface area contributed by atoms with Crippen LogP contribution in [0.25, 0.3) is 27.8 Å². The second-order valence-corrected chi connectivity index (χ2v) is 9.36. The van der Waals surface area contributed by atoms with E-state index in [4.69, 9.17) is 9.72 Å². The van der Waals surface area contributed by atoms with E-state index in [1.54, 1.807) is 37.6 Å². The average molecular weight is 511 g/mol. The second-order valence-electron chi connectivity index (χ2n) is 8.42. The minimum Gasteiger partial charge on any atom is -0.497 e. The molecule has 5 rings (SSSR count). The van der Waals surface area contributed by atoms with Crippen LogP contribution >= 0.6 is 11.8 Å². The number of aromatic nitrogens is 3. The summed E-state index contributed by atoms with van der Waals surface area (Å²) in [5.74, 6) is 0.599. The third kappa shape index (κ3) is 5.15. The second kappa shape index (κ2) is 10.8. The van der Waals surface area contributed by atoms with Crippen LogP contribution in [0.5, 0.6) is 5.75 Å². The lowest BCUT2D eigenvalue weighted by Gasteiger charge is -2.13. The molecule has 7 nitrogen and oxygen atoms in total. The molecule has 0 atom stereocenters. The molecule has 37 heavy (non-hydrogen) atoms. The van der Waals surface area contributed by atoms with Gasteiger partial charge in [0.25, 0.3) is 5.56 Å². The molecule has 8 heteroatoms. The van der Waals surface area contributed by atoms with Crippen molar-refractivity contribution in [2.75, 3.05) is 18.2 Å². The molecule has 0 radical (unpaired) electrons. The Bertz CT molecular complexity index is 1610. The highest BCUT2D eigenvalue weighted by atomic mass is 32.2. The van der Waals surface area contributed by atoms with E-state index >= 15 is 0 Å². The number of aryl methyl sites for hydroxylation is 1. The maximum Gasteiger partial charge on any atom is 0.283 e. The summed E-state index contributed by atoms with van der Waals surface area (Å²) in [7, 11) is 1.59. The van der Waals surface area contributed by atoms with Crippen LogP contribution in [-0.4, -0.2) is 33.3 Å². The first-order valence-corrected chi connectivity index (χ1v) is 12.9. The topological polar surface area (TPSA) is 89.0 Å². The van der Waals surface area contributed by atoms with Crippen molar-refractivity contribution in [1.29, 1.82) is 0 Å². The van der Waals surface area contributed by atoms with Gasteiger partial charge in [0.1, 0.15) is 16.8 Å². The molecule has 0 spiro atoms. The molecule has 3 aromatic carbocycles. The number of methoxy groups -OCH3 is 1. The Morgan fingerprint density at radius 3 is 2.57 bits per heavy atom. The van der Waals surface area contributed by atoms with Crippen molar-refractivity contribution >= 4 is 34.4 Å². The zero-order chi connectivity index (χ0) is 25.8. The van der Waals surface area contributed by atoms with Crippen molar-refractivity contribution in [2.24, 2.45) is 0 Å². The van der Waals surface area contributed by atoms with Crippen molar-refractivity contribution in [1.82, 2.24) is 14.5 Å². The fourth-order valence-electron chi connectivity index (χ4n) is 4.13. The van der Waals surface area contributed by atoms with Crippen LogP contribution < -0.4 is 15.6 Å². The van der Waals surface area contributed by atoms with E-state index in [0.29, 0.717) is 27.6 Å². The lowest BCUT2D eigenvalue weighted by atomic mass is 10.1. The van der Waals surface area contributed by atoms with Crippen LogP contribution in [0.15, 0.2) is 95.0 Å². The van der Waals surface area contributed by atoms with E-state index in [9.17, 15) is 9.59 Å². The average Bonchev–Trinajstić information content (AvgIpc) is 3.37. The molecule has 186 valence electrons. The quantitative estimate of drug-likeness (QED) is 0.207. The van der Waals surface area contributed by atoms with Gasteiger partial charge < -0.3 is 15.0 Å². The van der Waals surface area contributed by atoms with Crippen LogP contribution in [-0.2, 0) is 11.2 Å². The highest BCUT2D eigenvalue weighted by Crippen LogP contribution is 2.29. The van der Waals surface area contributed by atoms with Crippen LogP contribution in [0, 0.1) is 0 Å². The largest absolute Gasteiger partial charge is 0.497 e. The van der Waals surface area contributed by atoms with Gasteiger partial charge in [-0.15, -0.1) is 0 Å². The van der Waals surface area contributed by atoms with Gasteiger partial charge in [0.15, 0.2) is 5.16 Å². The standard InChI is InChI=1S/C29H26N4O3S/c1-3-19-8-7-11-21(16-19)31-25(34)18-37-29-32-26-24(20-9-5-4-6-10-20)17-30-27(26)28(35)33(29)22-12-14-23(36-2)15-13-22/h4-17,30H,3,18H2,1-2H3,(H,31,34). The van der Waals surface area contributed by atoms with Gasteiger partial charge in [-0.05, 0) is 53.9 Å². The van der Waals surface area contributed by atoms with Crippen LogP contribution in [0.4, 0.5) is 5.69 Å². The normalized spacial score (nSPS) is 11.0. The highest BCUT2D eigenvalue weighted by Gasteiger charge is 2.19. The number of ether oxygens (including phenoxy) is 1. The Kier molecular flexibility index (Phi) is 7.09. The summed E-state index contributed by atoms with van der Waals surface area (Å²) in [5.41, 5.74) is 5.04. The fraction of sp³-hybridized carbons (Fsp3) is 0.138. The van der Waals surface area contributed by atoms with Gasteiger partial charge in [0.2, 0.25) is 5.91 Å². The zero-order valence-electron chi connectivity index (χ0n) is 20.5. The lowest BCUT2D eigenvalue weighted by Crippen LogP contribution is -2.23. The maximum absolute atomic E-state index is 13.7. The Labute approximate surface area is 218 Å². The number of hydrogen-bond acceptors (Lipinski definition) is 5. The number of nitrogens with one attached hydrogen (secondary N) is 2. The number of carbonyl (C=O) groups is 1. The SMILES string of the molecule is CCc1cccc(NC(=O)CSc2nc3c(-c4ccccc4)c[nH]c3c(=O)n2-c2ccc(OC)cc2)c1. The molecule has 0 bridgehead atoms. The van der Waals surface area contributed by atoms with Crippen molar-refractivity contribution in [3.63, 3.8) is 0 Å². The van der Waals surface area contributed by atoms with E-state index in [1.807, 2.05) is 54.6 Å². The number of carbonyl (C=O) groups excluding carboxylic acids is 1. The molecule has 1 amide bonds. The molecular formula is C29H26N4O3S. The predicted octanol–water partition coefficient (Wildman–Crippen LogP) is 5.68. The molecule has 0 aliphatic heterocycles. The third-order valence-corrected chi connectivity index (χ3v) is 6.97. The molecule has 0 fully saturated rings. The zero-order valence-corrected chi connectivity index (χ0v) is 21.3. The van der Waals surface area contributed by atoms with E-state index in [-0.39, 0.29) is 17.2 Å². The first-order chi connectivity index (χ1) is 18.1. The summed E-state index contributed by atoms with van der Waals surface area (Å²) in [5, 5.41) is 3.38. The number of thioether (sulfide) groups is 1. The Morgan fingerprint density at radius 1 is 1.05 bits per heavy atom. The number of benzene rings is 3. The smallest absolute Gasteiger partial charge is 0.283 e. The van der Waals surface area contributed by atoms with Gasteiger partial charge in [-0.3, -0.25) is 14.2 Å². The summed E-state index contributed by atoms with van der Waals surface area (Å²) in [4.78, 5) is 34.5. The Morgan fingerprint density at radius 2 is 1.84 bits per heavy atom.